The van der Waals surface area contributed by atoms with Gasteiger partial charge in [-0.1, -0.05) is 19.8 Å². The Balaban J connectivity index is 1.91. The van der Waals surface area contributed by atoms with Crippen LogP contribution in [-0.4, -0.2) is 65.9 Å². The molecule has 126 valence electrons. The van der Waals surface area contributed by atoms with Crippen molar-refractivity contribution in [3.63, 3.8) is 0 Å². The standard InChI is InChI=1S/C16H33NO4/c1-3-17-16(15-6-4-5-7-15)14-21-13-12-20-11-10-19-9-8-18-2/h15-17H,3-14H2,1-2H3. The number of hydrogen-bond donors (Lipinski definition) is 1. The fourth-order valence-corrected chi connectivity index (χ4v) is 2.78. The van der Waals surface area contributed by atoms with Crippen LogP contribution in [-0.2, 0) is 18.9 Å². The van der Waals surface area contributed by atoms with Gasteiger partial charge in [0.05, 0.1) is 46.2 Å². The third-order valence-electron chi connectivity index (χ3n) is 3.91. The Kier molecular flexibility index (Phi) is 12.1. The molecule has 1 N–H and O–H groups in total. The SMILES string of the molecule is CCNC(COCCOCCOCCOC)C1CCCC1. The van der Waals surface area contributed by atoms with Gasteiger partial charge in [0, 0.05) is 13.2 Å². The van der Waals surface area contributed by atoms with E-state index >= 15 is 0 Å². The molecule has 1 aliphatic carbocycles. The second kappa shape index (κ2) is 13.5. The van der Waals surface area contributed by atoms with E-state index < -0.39 is 0 Å². The van der Waals surface area contributed by atoms with Crippen LogP contribution in [0.5, 0.6) is 0 Å². The van der Waals surface area contributed by atoms with Crippen molar-refractivity contribution in [2.75, 3.05) is 59.9 Å². The molecule has 1 aliphatic rings. The molecule has 1 unspecified atom stereocenters. The Morgan fingerprint density at radius 1 is 0.905 bits per heavy atom. The van der Waals surface area contributed by atoms with Crippen LogP contribution in [0.15, 0.2) is 0 Å². The van der Waals surface area contributed by atoms with E-state index in [1.54, 1.807) is 7.11 Å². The van der Waals surface area contributed by atoms with E-state index in [0.29, 0.717) is 45.7 Å². The zero-order valence-electron chi connectivity index (χ0n) is 13.8. The van der Waals surface area contributed by atoms with Crippen molar-refractivity contribution < 1.29 is 18.9 Å². The van der Waals surface area contributed by atoms with Gasteiger partial charge < -0.3 is 24.3 Å². The number of ether oxygens (including phenoxy) is 4. The molecule has 1 saturated carbocycles. The summed E-state index contributed by atoms with van der Waals surface area (Å²) in [6, 6.07) is 0.509. The van der Waals surface area contributed by atoms with Gasteiger partial charge in [-0.2, -0.15) is 0 Å². The van der Waals surface area contributed by atoms with Gasteiger partial charge in [0.15, 0.2) is 0 Å². The lowest BCUT2D eigenvalue weighted by molar-refractivity contribution is -0.00143. The highest BCUT2D eigenvalue weighted by Gasteiger charge is 2.24. The normalized spacial score (nSPS) is 17.4. The molecule has 0 radical (unpaired) electrons. The molecule has 0 bridgehead atoms. The van der Waals surface area contributed by atoms with Crippen molar-refractivity contribution in [2.45, 2.75) is 38.6 Å². The van der Waals surface area contributed by atoms with E-state index in [-0.39, 0.29) is 0 Å². The van der Waals surface area contributed by atoms with Crippen molar-refractivity contribution in [1.29, 1.82) is 0 Å². The minimum absolute atomic E-state index is 0.509. The third-order valence-corrected chi connectivity index (χ3v) is 3.91. The fourth-order valence-electron chi connectivity index (χ4n) is 2.78. The molecule has 0 spiro atoms. The summed E-state index contributed by atoms with van der Waals surface area (Å²) >= 11 is 0. The molecule has 5 heteroatoms. The fraction of sp³-hybridized carbons (Fsp3) is 1.00. The molecule has 1 rings (SSSR count). The monoisotopic (exact) mass is 303 g/mol. The topological polar surface area (TPSA) is 49.0 Å². The minimum Gasteiger partial charge on any atom is -0.382 e. The molecule has 0 aliphatic heterocycles. The van der Waals surface area contributed by atoms with Crippen LogP contribution in [0.25, 0.3) is 0 Å². The molecule has 5 nitrogen and oxygen atoms in total. The number of hydrogen-bond acceptors (Lipinski definition) is 5. The number of nitrogens with one attached hydrogen (secondary N) is 1. The van der Waals surface area contributed by atoms with Gasteiger partial charge in [-0.25, -0.2) is 0 Å². The highest BCUT2D eigenvalue weighted by atomic mass is 16.6. The molecule has 0 saturated heterocycles. The van der Waals surface area contributed by atoms with Crippen LogP contribution in [0.3, 0.4) is 0 Å². The molecule has 0 aromatic rings. The Morgan fingerprint density at radius 2 is 1.48 bits per heavy atom. The zero-order chi connectivity index (χ0) is 15.2. The van der Waals surface area contributed by atoms with Gasteiger partial charge in [-0.05, 0) is 25.3 Å². The smallest absolute Gasteiger partial charge is 0.0701 e. The van der Waals surface area contributed by atoms with Gasteiger partial charge in [0.25, 0.3) is 0 Å². The Bertz CT molecular complexity index is 222. The summed E-state index contributed by atoms with van der Waals surface area (Å²) in [7, 11) is 1.67. The second-order valence-corrected chi connectivity index (χ2v) is 5.50. The second-order valence-electron chi connectivity index (χ2n) is 5.50. The van der Waals surface area contributed by atoms with Gasteiger partial charge in [-0.15, -0.1) is 0 Å². The van der Waals surface area contributed by atoms with E-state index in [4.69, 9.17) is 18.9 Å². The predicted octanol–water partition coefficient (Wildman–Crippen LogP) is 1.85. The largest absolute Gasteiger partial charge is 0.382 e. The number of rotatable bonds is 14. The van der Waals surface area contributed by atoms with E-state index in [1.165, 1.54) is 25.7 Å². The maximum Gasteiger partial charge on any atom is 0.0701 e. The lowest BCUT2D eigenvalue weighted by Gasteiger charge is -2.24. The van der Waals surface area contributed by atoms with Crippen LogP contribution in [0.1, 0.15) is 32.6 Å². The van der Waals surface area contributed by atoms with Crippen molar-refractivity contribution >= 4 is 0 Å². The Morgan fingerprint density at radius 3 is 2.05 bits per heavy atom. The van der Waals surface area contributed by atoms with Crippen LogP contribution in [0.2, 0.25) is 0 Å². The Hall–Kier alpha value is -0.200. The van der Waals surface area contributed by atoms with Crippen molar-refractivity contribution in [2.24, 2.45) is 5.92 Å². The van der Waals surface area contributed by atoms with Gasteiger partial charge in [0.1, 0.15) is 0 Å². The quantitative estimate of drug-likeness (QED) is 0.496. The molecule has 1 fully saturated rings. The van der Waals surface area contributed by atoms with E-state index in [2.05, 4.69) is 12.2 Å². The highest BCUT2D eigenvalue weighted by Crippen LogP contribution is 2.27. The first-order valence-corrected chi connectivity index (χ1v) is 8.34. The van der Waals surface area contributed by atoms with Crippen LogP contribution >= 0.6 is 0 Å². The molecule has 0 aromatic carbocycles. The summed E-state index contributed by atoms with van der Waals surface area (Å²) in [4.78, 5) is 0. The molecule has 0 aromatic heterocycles. The van der Waals surface area contributed by atoms with Crippen LogP contribution in [0, 0.1) is 5.92 Å². The van der Waals surface area contributed by atoms with E-state index in [9.17, 15) is 0 Å². The molecule has 0 heterocycles. The summed E-state index contributed by atoms with van der Waals surface area (Å²) in [5.74, 6) is 0.792. The first-order valence-electron chi connectivity index (χ1n) is 8.34. The maximum atomic E-state index is 5.76. The first-order chi connectivity index (χ1) is 10.4. The average molecular weight is 303 g/mol. The van der Waals surface area contributed by atoms with Crippen molar-refractivity contribution in [3.05, 3.63) is 0 Å². The average Bonchev–Trinajstić information content (AvgIpc) is 3.02. The predicted molar refractivity (Wildman–Crippen MR) is 83.8 cm³/mol. The van der Waals surface area contributed by atoms with E-state index in [1.807, 2.05) is 0 Å². The maximum absolute atomic E-state index is 5.76. The van der Waals surface area contributed by atoms with Crippen LogP contribution < -0.4 is 5.32 Å². The van der Waals surface area contributed by atoms with Crippen molar-refractivity contribution in [3.8, 4) is 0 Å². The summed E-state index contributed by atoms with van der Waals surface area (Å²) in [5, 5.41) is 3.56. The number of methoxy groups -OCH3 is 1. The van der Waals surface area contributed by atoms with Crippen LogP contribution in [0.4, 0.5) is 0 Å². The Labute approximate surface area is 129 Å². The third kappa shape index (κ3) is 9.42. The number of likely N-dealkylation sites (N-methyl/N-ethyl adjacent to an activating group) is 1. The minimum atomic E-state index is 0.509. The first kappa shape index (κ1) is 18.8. The van der Waals surface area contributed by atoms with Gasteiger partial charge in [-0.3, -0.25) is 0 Å². The summed E-state index contributed by atoms with van der Waals surface area (Å²) in [5.41, 5.74) is 0. The van der Waals surface area contributed by atoms with E-state index in [0.717, 1.165) is 19.1 Å². The highest BCUT2D eigenvalue weighted by molar-refractivity contribution is 4.80. The summed E-state index contributed by atoms with van der Waals surface area (Å²) in [6.45, 7) is 7.76. The molecule has 1 atom stereocenters. The zero-order valence-corrected chi connectivity index (χ0v) is 13.8. The summed E-state index contributed by atoms with van der Waals surface area (Å²) < 4.78 is 21.4. The van der Waals surface area contributed by atoms with Crippen molar-refractivity contribution in [1.82, 2.24) is 5.32 Å². The van der Waals surface area contributed by atoms with Gasteiger partial charge >= 0.3 is 0 Å². The van der Waals surface area contributed by atoms with Gasteiger partial charge in [0.2, 0.25) is 0 Å². The summed E-state index contributed by atoms with van der Waals surface area (Å²) in [6.07, 6.45) is 5.43. The molecular formula is C16H33NO4. The lowest BCUT2D eigenvalue weighted by atomic mass is 9.99. The molecule has 21 heavy (non-hydrogen) atoms. The molecular weight excluding hydrogens is 270 g/mol. The molecule has 0 amide bonds. The lowest BCUT2D eigenvalue weighted by Crippen LogP contribution is -2.39.